The van der Waals surface area contributed by atoms with Crippen LogP contribution >= 0.6 is 11.6 Å². The van der Waals surface area contributed by atoms with Crippen LogP contribution in [0.15, 0.2) is 42.5 Å². The summed E-state index contributed by atoms with van der Waals surface area (Å²) in [6, 6.07) is 12.6. The minimum Gasteiger partial charge on any atom is -0.466 e. The molecule has 0 bridgehead atoms. The SMILES string of the molecule is CCOC(=O)Cc1ccc(C(=O)c2ccccc2)n1CCCl. The Morgan fingerprint density at radius 1 is 1.14 bits per heavy atom. The molecule has 0 amide bonds. The van der Waals surface area contributed by atoms with E-state index in [9.17, 15) is 9.59 Å². The number of benzene rings is 1. The topological polar surface area (TPSA) is 48.3 Å². The molecule has 4 nitrogen and oxygen atoms in total. The molecule has 0 saturated heterocycles. The molecule has 0 atom stereocenters. The van der Waals surface area contributed by atoms with Crippen LogP contribution in [0.4, 0.5) is 0 Å². The maximum Gasteiger partial charge on any atom is 0.311 e. The van der Waals surface area contributed by atoms with E-state index < -0.39 is 0 Å². The van der Waals surface area contributed by atoms with Crippen molar-refractivity contribution in [2.24, 2.45) is 0 Å². The zero-order chi connectivity index (χ0) is 15.9. The van der Waals surface area contributed by atoms with Crippen molar-refractivity contribution >= 4 is 23.4 Å². The quantitative estimate of drug-likeness (QED) is 0.448. The first-order chi connectivity index (χ1) is 10.7. The number of hydrogen-bond acceptors (Lipinski definition) is 3. The summed E-state index contributed by atoms with van der Waals surface area (Å²) in [5.41, 5.74) is 1.88. The maximum absolute atomic E-state index is 12.6. The zero-order valence-electron chi connectivity index (χ0n) is 12.4. The molecule has 5 heteroatoms. The van der Waals surface area contributed by atoms with Crippen LogP contribution in [0.1, 0.15) is 28.7 Å². The lowest BCUT2D eigenvalue weighted by atomic mass is 10.1. The highest BCUT2D eigenvalue weighted by Crippen LogP contribution is 2.16. The van der Waals surface area contributed by atoms with Crippen molar-refractivity contribution in [3.8, 4) is 0 Å². The van der Waals surface area contributed by atoms with Crippen LogP contribution in [0.25, 0.3) is 0 Å². The number of ether oxygens (including phenoxy) is 1. The molecule has 0 spiro atoms. The van der Waals surface area contributed by atoms with E-state index in [-0.39, 0.29) is 18.2 Å². The van der Waals surface area contributed by atoms with Gasteiger partial charge in [-0.1, -0.05) is 30.3 Å². The van der Waals surface area contributed by atoms with Crippen LogP contribution in [0.3, 0.4) is 0 Å². The maximum atomic E-state index is 12.6. The van der Waals surface area contributed by atoms with Crippen LogP contribution in [-0.4, -0.2) is 28.8 Å². The van der Waals surface area contributed by atoms with Crippen LogP contribution in [-0.2, 0) is 22.5 Å². The number of carbonyl (C=O) groups is 2. The number of halogens is 1. The Balaban J connectivity index is 2.30. The number of ketones is 1. The predicted octanol–water partition coefficient (Wildman–Crippen LogP) is 3.06. The van der Waals surface area contributed by atoms with Gasteiger partial charge in [0.15, 0.2) is 0 Å². The van der Waals surface area contributed by atoms with Crippen LogP contribution in [0, 0.1) is 0 Å². The van der Waals surface area contributed by atoms with E-state index >= 15 is 0 Å². The van der Waals surface area contributed by atoms with Gasteiger partial charge < -0.3 is 9.30 Å². The van der Waals surface area contributed by atoms with Gasteiger partial charge in [0.05, 0.1) is 18.7 Å². The Hall–Kier alpha value is -2.07. The van der Waals surface area contributed by atoms with Crippen molar-refractivity contribution in [2.45, 2.75) is 19.9 Å². The van der Waals surface area contributed by atoms with Gasteiger partial charge >= 0.3 is 5.97 Å². The van der Waals surface area contributed by atoms with Gasteiger partial charge in [0, 0.05) is 23.7 Å². The second kappa shape index (κ2) is 7.80. The van der Waals surface area contributed by atoms with Crippen molar-refractivity contribution in [2.75, 3.05) is 12.5 Å². The Labute approximate surface area is 134 Å². The number of hydrogen-bond donors (Lipinski definition) is 0. The largest absolute Gasteiger partial charge is 0.466 e. The van der Waals surface area contributed by atoms with E-state index in [4.69, 9.17) is 16.3 Å². The fraction of sp³-hybridized carbons (Fsp3) is 0.294. The molecule has 0 fully saturated rings. The molecule has 0 aliphatic heterocycles. The van der Waals surface area contributed by atoms with Crippen molar-refractivity contribution in [3.05, 3.63) is 59.4 Å². The average Bonchev–Trinajstić information content (AvgIpc) is 2.91. The third-order valence-corrected chi connectivity index (χ3v) is 3.45. The van der Waals surface area contributed by atoms with Gasteiger partial charge in [-0.05, 0) is 19.1 Å². The van der Waals surface area contributed by atoms with Gasteiger partial charge in [-0.2, -0.15) is 0 Å². The van der Waals surface area contributed by atoms with Gasteiger partial charge in [0.1, 0.15) is 0 Å². The molecule has 0 aliphatic carbocycles. The molecule has 22 heavy (non-hydrogen) atoms. The second-order valence-corrected chi connectivity index (χ2v) is 5.11. The van der Waals surface area contributed by atoms with E-state index in [0.29, 0.717) is 30.3 Å². The summed E-state index contributed by atoms with van der Waals surface area (Å²) in [5, 5.41) is 0. The first-order valence-electron chi connectivity index (χ1n) is 7.17. The number of esters is 1. The Morgan fingerprint density at radius 2 is 1.86 bits per heavy atom. The van der Waals surface area contributed by atoms with E-state index in [1.165, 1.54) is 0 Å². The lowest BCUT2D eigenvalue weighted by molar-refractivity contribution is -0.142. The van der Waals surface area contributed by atoms with E-state index in [1.54, 1.807) is 35.8 Å². The lowest BCUT2D eigenvalue weighted by Crippen LogP contribution is -2.16. The van der Waals surface area contributed by atoms with Crippen LogP contribution in [0.5, 0.6) is 0 Å². The molecular formula is C17H18ClNO3. The fourth-order valence-electron chi connectivity index (χ4n) is 2.31. The first-order valence-corrected chi connectivity index (χ1v) is 7.70. The average molecular weight is 320 g/mol. The smallest absolute Gasteiger partial charge is 0.311 e. The molecule has 0 unspecified atom stereocenters. The Kier molecular flexibility index (Phi) is 5.78. The highest BCUT2D eigenvalue weighted by molar-refractivity contribution is 6.17. The highest BCUT2D eigenvalue weighted by atomic mass is 35.5. The zero-order valence-corrected chi connectivity index (χ0v) is 13.2. The number of aromatic nitrogens is 1. The third-order valence-electron chi connectivity index (χ3n) is 3.28. The summed E-state index contributed by atoms with van der Waals surface area (Å²) < 4.78 is 6.75. The third kappa shape index (κ3) is 3.77. The standard InChI is InChI=1S/C17H18ClNO3/c1-2-22-16(20)12-14-8-9-15(19(14)11-10-18)17(21)13-6-4-3-5-7-13/h3-9H,2,10-12H2,1H3. The van der Waals surface area contributed by atoms with E-state index in [1.807, 2.05) is 18.2 Å². The molecule has 1 aromatic carbocycles. The molecule has 2 aromatic rings. The summed E-state index contributed by atoms with van der Waals surface area (Å²) in [6.07, 6.45) is 0.132. The number of carbonyl (C=O) groups excluding carboxylic acids is 2. The molecular weight excluding hydrogens is 302 g/mol. The normalized spacial score (nSPS) is 10.5. The van der Waals surface area contributed by atoms with E-state index in [2.05, 4.69) is 0 Å². The van der Waals surface area contributed by atoms with Gasteiger partial charge in [-0.15, -0.1) is 11.6 Å². The fourth-order valence-corrected chi connectivity index (χ4v) is 2.48. The van der Waals surface area contributed by atoms with Crippen LogP contribution < -0.4 is 0 Å². The van der Waals surface area contributed by atoms with Gasteiger partial charge in [0.2, 0.25) is 5.78 Å². The molecule has 0 saturated carbocycles. The van der Waals surface area contributed by atoms with Gasteiger partial charge in [-0.3, -0.25) is 9.59 Å². The molecule has 116 valence electrons. The predicted molar refractivity (Wildman–Crippen MR) is 85.4 cm³/mol. The summed E-state index contributed by atoms with van der Waals surface area (Å²) in [7, 11) is 0. The lowest BCUT2D eigenvalue weighted by Gasteiger charge is -2.11. The summed E-state index contributed by atoms with van der Waals surface area (Å²) >= 11 is 5.84. The first kappa shape index (κ1) is 16.3. The molecule has 0 aliphatic rings. The summed E-state index contributed by atoms with van der Waals surface area (Å²) in [6.45, 7) is 2.57. The molecule has 1 heterocycles. The van der Waals surface area contributed by atoms with Crippen molar-refractivity contribution in [1.82, 2.24) is 4.57 Å². The van der Waals surface area contributed by atoms with Crippen molar-refractivity contribution in [3.63, 3.8) is 0 Å². The van der Waals surface area contributed by atoms with Gasteiger partial charge in [-0.25, -0.2) is 0 Å². The van der Waals surface area contributed by atoms with Crippen LogP contribution in [0.2, 0.25) is 0 Å². The number of alkyl halides is 1. The minimum absolute atomic E-state index is 0.0826. The monoisotopic (exact) mass is 319 g/mol. The number of rotatable bonds is 7. The molecule has 0 radical (unpaired) electrons. The number of nitrogens with zero attached hydrogens (tertiary/aromatic N) is 1. The summed E-state index contributed by atoms with van der Waals surface area (Å²) in [5.74, 6) is -0.0319. The highest BCUT2D eigenvalue weighted by Gasteiger charge is 2.18. The van der Waals surface area contributed by atoms with Gasteiger partial charge in [0.25, 0.3) is 0 Å². The Bertz CT molecular complexity index is 649. The molecule has 2 rings (SSSR count). The Morgan fingerprint density at radius 3 is 2.50 bits per heavy atom. The van der Waals surface area contributed by atoms with E-state index in [0.717, 1.165) is 5.69 Å². The van der Waals surface area contributed by atoms with Crippen molar-refractivity contribution in [1.29, 1.82) is 0 Å². The second-order valence-electron chi connectivity index (χ2n) is 4.73. The summed E-state index contributed by atoms with van der Waals surface area (Å²) in [4.78, 5) is 24.3. The minimum atomic E-state index is -0.310. The molecule has 1 aromatic heterocycles. The molecule has 0 N–H and O–H groups in total. The van der Waals surface area contributed by atoms with Crippen molar-refractivity contribution < 1.29 is 14.3 Å².